The van der Waals surface area contributed by atoms with Crippen molar-refractivity contribution in [3.05, 3.63) is 12.2 Å². The summed E-state index contributed by atoms with van der Waals surface area (Å²) in [5.41, 5.74) is 0. The van der Waals surface area contributed by atoms with Gasteiger partial charge in [0.05, 0.1) is 6.07 Å². The SMILES string of the molecule is N#CCCCn1cnc(C#N)n1. The zero-order valence-corrected chi connectivity index (χ0v) is 6.43. The first kappa shape index (κ1) is 8.22. The first-order valence-corrected chi connectivity index (χ1v) is 3.53. The molecule has 1 heterocycles. The molecule has 0 aliphatic rings. The summed E-state index contributed by atoms with van der Waals surface area (Å²) in [6.45, 7) is 0.641. The molecule has 1 rings (SSSR count). The summed E-state index contributed by atoms with van der Waals surface area (Å²) in [7, 11) is 0. The number of aryl methyl sites for hydroxylation is 1. The minimum absolute atomic E-state index is 0.173. The first-order valence-electron chi connectivity index (χ1n) is 3.53. The highest BCUT2D eigenvalue weighted by Crippen LogP contribution is 1.93. The molecule has 0 amide bonds. The number of nitriles is 2. The molecule has 1 aromatic rings. The maximum Gasteiger partial charge on any atom is 0.252 e. The van der Waals surface area contributed by atoms with Gasteiger partial charge in [-0.3, -0.25) is 4.68 Å². The number of nitrogens with zero attached hydrogens (tertiary/aromatic N) is 5. The van der Waals surface area contributed by atoms with Crippen molar-refractivity contribution >= 4 is 0 Å². The van der Waals surface area contributed by atoms with Crippen molar-refractivity contribution in [2.24, 2.45) is 0 Å². The van der Waals surface area contributed by atoms with Gasteiger partial charge in [0.25, 0.3) is 5.82 Å². The molecule has 0 spiro atoms. The molecule has 5 heteroatoms. The van der Waals surface area contributed by atoms with Crippen LogP contribution in [0.5, 0.6) is 0 Å². The van der Waals surface area contributed by atoms with Crippen molar-refractivity contribution in [2.75, 3.05) is 0 Å². The molecule has 0 unspecified atom stereocenters. The average molecular weight is 161 g/mol. The van der Waals surface area contributed by atoms with E-state index < -0.39 is 0 Å². The van der Waals surface area contributed by atoms with Crippen molar-refractivity contribution in [3.63, 3.8) is 0 Å². The summed E-state index contributed by atoms with van der Waals surface area (Å²) in [4.78, 5) is 3.72. The van der Waals surface area contributed by atoms with E-state index >= 15 is 0 Å². The Morgan fingerprint density at radius 2 is 2.33 bits per heavy atom. The molecule has 0 aliphatic carbocycles. The molecule has 0 fully saturated rings. The monoisotopic (exact) mass is 161 g/mol. The fourth-order valence-electron chi connectivity index (χ4n) is 0.774. The lowest BCUT2D eigenvalue weighted by molar-refractivity contribution is 0.583. The number of hydrogen-bond acceptors (Lipinski definition) is 4. The molecule has 0 saturated carbocycles. The van der Waals surface area contributed by atoms with Gasteiger partial charge in [-0.05, 0) is 6.42 Å². The summed E-state index contributed by atoms with van der Waals surface area (Å²) < 4.78 is 1.57. The minimum Gasteiger partial charge on any atom is -0.252 e. The Kier molecular flexibility index (Phi) is 2.80. The summed E-state index contributed by atoms with van der Waals surface area (Å²) in [6, 6.07) is 3.86. The summed E-state index contributed by atoms with van der Waals surface area (Å²) >= 11 is 0. The molecule has 12 heavy (non-hydrogen) atoms. The zero-order chi connectivity index (χ0) is 8.81. The second kappa shape index (κ2) is 4.09. The van der Waals surface area contributed by atoms with E-state index in [1.807, 2.05) is 12.1 Å². The molecule has 0 aromatic carbocycles. The maximum atomic E-state index is 8.38. The topological polar surface area (TPSA) is 78.3 Å². The van der Waals surface area contributed by atoms with Crippen molar-refractivity contribution in [3.8, 4) is 12.1 Å². The van der Waals surface area contributed by atoms with Crippen LogP contribution in [0.1, 0.15) is 18.7 Å². The van der Waals surface area contributed by atoms with Crippen LogP contribution in [-0.4, -0.2) is 14.8 Å². The molecule has 0 aliphatic heterocycles. The highest BCUT2D eigenvalue weighted by molar-refractivity contribution is 5.05. The van der Waals surface area contributed by atoms with Gasteiger partial charge >= 0.3 is 0 Å². The standard InChI is InChI=1S/C7H7N5/c8-3-1-2-4-12-6-10-7(5-9)11-12/h6H,1-2,4H2. The lowest BCUT2D eigenvalue weighted by atomic mass is 10.3. The minimum atomic E-state index is 0.173. The summed E-state index contributed by atoms with van der Waals surface area (Å²) in [6.07, 6.45) is 2.74. The van der Waals surface area contributed by atoms with Crippen LogP contribution in [0.2, 0.25) is 0 Å². The Morgan fingerprint density at radius 3 is 2.92 bits per heavy atom. The Bertz CT molecular complexity index is 326. The molecule has 60 valence electrons. The zero-order valence-electron chi connectivity index (χ0n) is 6.43. The Balaban J connectivity index is 2.44. The molecule has 0 N–H and O–H groups in total. The van der Waals surface area contributed by atoms with Gasteiger partial charge in [-0.15, -0.1) is 5.10 Å². The highest BCUT2D eigenvalue weighted by atomic mass is 15.3. The van der Waals surface area contributed by atoms with E-state index in [0.717, 1.165) is 6.42 Å². The molecule has 0 bridgehead atoms. The quantitative estimate of drug-likeness (QED) is 0.603. The van der Waals surface area contributed by atoms with E-state index in [-0.39, 0.29) is 5.82 Å². The normalized spacial score (nSPS) is 8.83. The van der Waals surface area contributed by atoms with Gasteiger partial charge in [0, 0.05) is 13.0 Å². The number of unbranched alkanes of at least 4 members (excludes halogenated alkanes) is 1. The van der Waals surface area contributed by atoms with E-state index in [9.17, 15) is 0 Å². The molecule has 1 aromatic heterocycles. The van der Waals surface area contributed by atoms with Crippen LogP contribution in [0.15, 0.2) is 6.33 Å². The van der Waals surface area contributed by atoms with Gasteiger partial charge in [0.15, 0.2) is 0 Å². The molecule has 0 radical (unpaired) electrons. The summed E-state index contributed by atoms with van der Waals surface area (Å²) in [5, 5.41) is 20.5. The van der Waals surface area contributed by atoms with E-state index in [0.29, 0.717) is 13.0 Å². The molecule has 5 nitrogen and oxygen atoms in total. The number of hydrogen-bond donors (Lipinski definition) is 0. The van der Waals surface area contributed by atoms with E-state index in [1.54, 1.807) is 4.68 Å². The Labute approximate surface area is 69.9 Å². The lowest BCUT2D eigenvalue weighted by Gasteiger charge is -1.93. The third-order valence-electron chi connectivity index (χ3n) is 1.31. The van der Waals surface area contributed by atoms with E-state index in [2.05, 4.69) is 10.1 Å². The van der Waals surface area contributed by atoms with Gasteiger partial charge in [0.2, 0.25) is 0 Å². The number of aromatic nitrogens is 3. The summed E-state index contributed by atoms with van der Waals surface area (Å²) in [5.74, 6) is 0.173. The smallest absolute Gasteiger partial charge is 0.252 e. The first-order chi connectivity index (χ1) is 5.86. The van der Waals surface area contributed by atoms with Gasteiger partial charge in [-0.2, -0.15) is 10.5 Å². The van der Waals surface area contributed by atoms with Crippen molar-refractivity contribution in [1.82, 2.24) is 14.8 Å². The van der Waals surface area contributed by atoms with Crippen LogP contribution in [0, 0.1) is 22.7 Å². The molecule has 0 saturated heterocycles. The third kappa shape index (κ3) is 2.06. The predicted molar refractivity (Wildman–Crippen MR) is 39.6 cm³/mol. The Morgan fingerprint density at radius 1 is 1.50 bits per heavy atom. The lowest BCUT2D eigenvalue weighted by Crippen LogP contribution is -1.98. The average Bonchev–Trinajstić information content (AvgIpc) is 2.53. The van der Waals surface area contributed by atoms with Crippen LogP contribution in [0.25, 0.3) is 0 Å². The van der Waals surface area contributed by atoms with E-state index in [1.165, 1.54) is 6.33 Å². The van der Waals surface area contributed by atoms with Crippen molar-refractivity contribution in [2.45, 2.75) is 19.4 Å². The molecular weight excluding hydrogens is 154 g/mol. The largest absolute Gasteiger partial charge is 0.252 e. The number of rotatable bonds is 3. The van der Waals surface area contributed by atoms with Gasteiger partial charge in [-0.25, -0.2) is 4.98 Å². The highest BCUT2D eigenvalue weighted by Gasteiger charge is 1.97. The Hall–Kier alpha value is -1.88. The predicted octanol–water partition coefficient (Wildman–Crippen LogP) is 0.454. The molecule has 0 atom stereocenters. The van der Waals surface area contributed by atoms with Crippen LogP contribution in [0.3, 0.4) is 0 Å². The van der Waals surface area contributed by atoms with Crippen LogP contribution in [0.4, 0.5) is 0 Å². The second-order valence-corrected chi connectivity index (χ2v) is 2.20. The van der Waals surface area contributed by atoms with Crippen molar-refractivity contribution in [1.29, 1.82) is 10.5 Å². The van der Waals surface area contributed by atoms with Crippen LogP contribution < -0.4 is 0 Å². The maximum absolute atomic E-state index is 8.38. The fourth-order valence-corrected chi connectivity index (χ4v) is 0.774. The van der Waals surface area contributed by atoms with Gasteiger partial charge in [0.1, 0.15) is 12.4 Å². The third-order valence-corrected chi connectivity index (χ3v) is 1.31. The van der Waals surface area contributed by atoms with Gasteiger partial charge in [-0.1, -0.05) is 0 Å². The van der Waals surface area contributed by atoms with Crippen LogP contribution >= 0.6 is 0 Å². The van der Waals surface area contributed by atoms with Crippen molar-refractivity contribution < 1.29 is 0 Å². The van der Waals surface area contributed by atoms with E-state index in [4.69, 9.17) is 10.5 Å². The van der Waals surface area contributed by atoms with Gasteiger partial charge < -0.3 is 0 Å². The fraction of sp³-hybridized carbons (Fsp3) is 0.429. The molecular formula is C7H7N5. The second-order valence-electron chi connectivity index (χ2n) is 2.20. The van der Waals surface area contributed by atoms with Crippen LogP contribution in [-0.2, 0) is 6.54 Å².